The summed E-state index contributed by atoms with van der Waals surface area (Å²) >= 11 is 0. The van der Waals surface area contributed by atoms with E-state index in [2.05, 4.69) is 6.92 Å². The lowest BCUT2D eigenvalue weighted by atomic mass is 9.81. The zero-order chi connectivity index (χ0) is 10.6. The first-order chi connectivity index (χ1) is 6.67. The quantitative estimate of drug-likeness (QED) is 0.669. The number of carbonyl (C=O) groups excluding carboxylic acids is 1. The molecule has 0 unspecified atom stereocenters. The lowest BCUT2D eigenvalue weighted by molar-refractivity contribution is -0.133. The Morgan fingerprint density at radius 3 is 2.86 bits per heavy atom. The molecular formula is C10H20N2O2. The highest BCUT2D eigenvalue weighted by atomic mass is 16.3. The smallest absolute Gasteiger partial charge is 0.248 e. The molecule has 0 radical (unpaired) electrons. The van der Waals surface area contributed by atoms with E-state index in [9.17, 15) is 4.79 Å². The van der Waals surface area contributed by atoms with Crippen molar-refractivity contribution in [2.24, 2.45) is 11.1 Å². The Hall–Kier alpha value is -0.610. The fraction of sp³-hybridized carbons (Fsp3) is 0.900. The number of hydrogen-bond acceptors (Lipinski definition) is 3. The molecule has 1 aliphatic heterocycles. The second kappa shape index (κ2) is 4.75. The highest BCUT2D eigenvalue weighted by molar-refractivity contribution is 5.77. The van der Waals surface area contributed by atoms with Gasteiger partial charge in [-0.3, -0.25) is 4.79 Å². The van der Waals surface area contributed by atoms with Crippen molar-refractivity contribution < 1.29 is 9.90 Å². The average Bonchev–Trinajstić information content (AvgIpc) is 2.62. The maximum atomic E-state index is 11.3. The first-order valence-corrected chi connectivity index (χ1v) is 5.26. The van der Waals surface area contributed by atoms with Crippen molar-refractivity contribution in [3.63, 3.8) is 0 Å². The molecule has 0 aromatic rings. The lowest BCUT2D eigenvalue weighted by Gasteiger charge is -2.27. The summed E-state index contributed by atoms with van der Waals surface area (Å²) in [6, 6.07) is 0. The van der Waals surface area contributed by atoms with E-state index in [1.165, 1.54) is 0 Å². The molecule has 1 aliphatic rings. The van der Waals surface area contributed by atoms with Crippen LogP contribution in [0.1, 0.15) is 26.2 Å². The van der Waals surface area contributed by atoms with E-state index >= 15 is 0 Å². The molecule has 82 valence electrons. The van der Waals surface area contributed by atoms with Crippen molar-refractivity contribution in [1.82, 2.24) is 4.90 Å². The molecule has 0 aromatic carbocycles. The summed E-state index contributed by atoms with van der Waals surface area (Å²) in [5.41, 5.74) is 5.78. The van der Waals surface area contributed by atoms with Gasteiger partial charge in [0.25, 0.3) is 0 Å². The summed E-state index contributed by atoms with van der Waals surface area (Å²) in [4.78, 5) is 13.0. The first kappa shape index (κ1) is 11.5. The molecule has 1 amide bonds. The van der Waals surface area contributed by atoms with Crippen LogP contribution in [0.3, 0.4) is 0 Å². The number of amides is 1. The standard InChI is InChI=1S/C10H20N2O2/c1-2-10(3-5-11)4-6-12(8-10)9(14)7-13/h13H,2-8,11H2,1H3/t10-/m1/s1. The van der Waals surface area contributed by atoms with Crippen LogP contribution in [-0.4, -0.2) is 42.2 Å². The predicted octanol–water partition coefficient (Wildman–Crippen LogP) is -0.0438. The van der Waals surface area contributed by atoms with Gasteiger partial charge in [-0.25, -0.2) is 0 Å². The molecule has 0 aliphatic carbocycles. The number of aliphatic hydroxyl groups is 1. The van der Waals surface area contributed by atoms with Gasteiger partial charge in [-0.05, 0) is 31.2 Å². The Labute approximate surface area is 85.1 Å². The zero-order valence-electron chi connectivity index (χ0n) is 8.83. The van der Waals surface area contributed by atoms with E-state index in [0.717, 1.165) is 32.4 Å². The summed E-state index contributed by atoms with van der Waals surface area (Å²) in [6.07, 6.45) is 3.05. The number of aliphatic hydroxyl groups excluding tert-OH is 1. The third-order valence-corrected chi connectivity index (χ3v) is 3.35. The second-order valence-electron chi connectivity index (χ2n) is 4.12. The Morgan fingerprint density at radius 1 is 1.64 bits per heavy atom. The van der Waals surface area contributed by atoms with Crippen LogP contribution in [0.15, 0.2) is 0 Å². The minimum atomic E-state index is -0.373. The van der Waals surface area contributed by atoms with Crippen molar-refractivity contribution in [2.45, 2.75) is 26.2 Å². The fourth-order valence-corrected chi connectivity index (χ4v) is 2.22. The minimum Gasteiger partial charge on any atom is -0.387 e. The van der Waals surface area contributed by atoms with E-state index in [4.69, 9.17) is 10.8 Å². The molecule has 1 rings (SSSR count). The molecule has 0 bridgehead atoms. The Bertz CT molecular complexity index is 208. The van der Waals surface area contributed by atoms with E-state index in [0.29, 0.717) is 6.54 Å². The van der Waals surface area contributed by atoms with E-state index in [1.54, 1.807) is 4.90 Å². The molecule has 3 N–H and O–H groups in total. The average molecular weight is 200 g/mol. The van der Waals surface area contributed by atoms with Gasteiger partial charge < -0.3 is 15.7 Å². The number of nitrogens with zero attached hydrogens (tertiary/aromatic N) is 1. The summed E-state index contributed by atoms with van der Waals surface area (Å²) in [7, 11) is 0. The van der Waals surface area contributed by atoms with Crippen LogP contribution in [-0.2, 0) is 4.79 Å². The number of likely N-dealkylation sites (tertiary alicyclic amines) is 1. The van der Waals surface area contributed by atoms with Gasteiger partial charge in [0.05, 0.1) is 0 Å². The van der Waals surface area contributed by atoms with Gasteiger partial charge in [0, 0.05) is 13.1 Å². The van der Waals surface area contributed by atoms with Crippen molar-refractivity contribution in [3.8, 4) is 0 Å². The Kier molecular flexibility index (Phi) is 3.89. The maximum Gasteiger partial charge on any atom is 0.248 e. The lowest BCUT2D eigenvalue weighted by Crippen LogP contribution is -2.34. The first-order valence-electron chi connectivity index (χ1n) is 5.26. The van der Waals surface area contributed by atoms with Gasteiger partial charge in [0.15, 0.2) is 0 Å². The van der Waals surface area contributed by atoms with Crippen molar-refractivity contribution in [1.29, 1.82) is 0 Å². The number of rotatable bonds is 4. The molecule has 14 heavy (non-hydrogen) atoms. The number of nitrogens with two attached hydrogens (primary N) is 1. The van der Waals surface area contributed by atoms with Crippen LogP contribution >= 0.6 is 0 Å². The van der Waals surface area contributed by atoms with E-state index in [-0.39, 0.29) is 17.9 Å². The second-order valence-corrected chi connectivity index (χ2v) is 4.12. The molecular weight excluding hydrogens is 180 g/mol. The van der Waals surface area contributed by atoms with Crippen LogP contribution in [0.2, 0.25) is 0 Å². The van der Waals surface area contributed by atoms with Crippen LogP contribution in [0.4, 0.5) is 0 Å². The largest absolute Gasteiger partial charge is 0.387 e. The van der Waals surface area contributed by atoms with Gasteiger partial charge in [-0.15, -0.1) is 0 Å². The number of carbonyl (C=O) groups is 1. The van der Waals surface area contributed by atoms with Crippen molar-refractivity contribution in [2.75, 3.05) is 26.2 Å². The number of hydrogen-bond donors (Lipinski definition) is 2. The third kappa shape index (κ3) is 2.25. The minimum absolute atomic E-state index is 0.155. The van der Waals surface area contributed by atoms with Crippen molar-refractivity contribution >= 4 is 5.91 Å². The van der Waals surface area contributed by atoms with E-state index < -0.39 is 0 Å². The monoisotopic (exact) mass is 200 g/mol. The highest BCUT2D eigenvalue weighted by Crippen LogP contribution is 2.36. The molecule has 1 fully saturated rings. The predicted molar refractivity (Wildman–Crippen MR) is 54.7 cm³/mol. The third-order valence-electron chi connectivity index (χ3n) is 3.35. The van der Waals surface area contributed by atoms with Gasteiger partial charge >= 0.3 is 0 Å². The molecule has 1 saturated heterocycles. The summed E-state index contributed by atoms with van der Waals surface area (Å²) in [5, 5.41) is 8.75. The normalized spacial score (nSPS) is 26.9. The Morgan fingerprint density at radius 2 is 2.36 bits per heavy atom. The molecule has 4 heteroatoms. The summed E-state index contributed by atoms with van der Waals surface area (Å²) < 4.78 is 0. The van der Waals surface area contributed by atoms with Gasteiger partial charge in [0.1, 0.15) is 6.61 Å². The summed E-state index contributed by atoms with van der Waals surface area (Å²) in [5.74, 6) is -0.155. The van der Waals surface area contributed by atoms with Crippen LogP contribution in [0.25, 0.3) is 0 Å². The van der Waals surface area contributed by atoms with Crippen LogP contribution in [0.5, 0.6) is 0 Å². The topological polar surface area (TPSA) is 66.6 Å². The van der Waals surface area contributed by atoms with Gasteiger partial charge in [0.2, 0.25) is 5.91 Å². The van der Waals surface area contributed by atoms with Gasteiger partial charge in [-0.2, -0.15) is 0 Å². The van der Waals surface area contributed by atoms with Crippen LogP contribution < -0.4 is 5.73 Å². The van der Waals surface area contributed by atoms with Gasteiger partial charge in [-0.1, -0.05) is 6.92 Å². The van der Waals surface area contributed by atoms with E-state index in [1.807, 2.05) is 0 Å². The highest BCUT2D eigenvalue weighted by Gasteiger charge is 2.37. The molecule has 1 atom stereocenters. The molecule has 0 saturated carbocycles. The molecule has 0 aromatic heterocycles. The Balaban J connectivity index is 2.56. The molecule has 4 nitrogen and oxygen atoms in total. The maximum absolute atomic E-state index is 11.3. The fourth-order valence-electron chi connectivity index (χ4n) is 2.22. The summed E-state index contributed by atoms with van der Waals surface area (Å²) in [6.45, 7) is 3.98. The zero-order valence-corrected chi connectivity index (χ0v) is 8.83. The van der Waals surface area contributed by atoms with Crippen LogP contribution in [0, 0.1) is 5.41 Å². The molecule has 0 spiro atoms. The van der Waals surface area contributed by atoms with Crippen molar-refractivity contribution in [3.05, 3.63) is 0 Å². The molecule has 1 heterocycles. The SMILES string of the molecule is CC[C@@]1(CCN)CCN(C(=O)CO)C1.